The number of piperidine rings is 1. The summed E-state index contributed by atoms with van der Waals surface area (Å²) in [6.07, 6.45) is 2.41. The van der Waals surface area contributed by atoms with Crippen molar-refractivity contribution in [1.82, 2.24) is 0 Å². The topological polar surface area (TPSA) is 21.5 Å². The van der Waals surface area contributed by atoms with Gasteiger partial charge in [-0.05, 0) is 12.8 Å². The summed E-state index contributed by atoms with van der Waals surface area (Å²) < 4.78 is 11.7. The molecule has 0 aliphatic carbocycles. The van der Waals surface area contributed by atoms with E-state index in [9.17, 15) is 4.21 Å². The highest BCUT2D eigenvalue weighted by Crippen LogP contribution is 2.10. The van der Waals surface area contributed by atoms with Crippen LogP contribution in [0.1, 0.15) is 26.7 Å². The van der Waals surface area contributed by atoms with Crippen LogP contribution in [0, 0.1) is 0 Å². The summed E-state index contributed by atoms with van der Waals surface area (Å²) >= 11 is 0. The van der Waals surface area contributed by atoms with Crippen molar-refractivity contribution in [3.05, 3.63) is 0 Å². The average Bonchev–Trinajstić information content (AvgIpc) is 2.03. The molecule has 0 spiro atoms. The summed E-state index contributed by atoms with van der Waals surface area (Å²) in [5.41, 5.74) is 0. The maximum atomic E-state index is 11.7. The van der Waals surface area contributed by atoms with E-state index in [0.717, 1.165) is 6.54 Å². The molecule has 2 nitrogen and oxygen atoms in total. The summed E-state index contributed by atoms with van der Waals surface area (Å²) in [5.74, 6) is 0. The minimum Gasteiger partial charge on any atom is -0.336 e. The zero-order valence-electron chi connectivity index (χ0n) is 8.30. The van der Waals surface area contributed by atoms with E-state index in [1.807, 2.05) is 0 Å². The third-order valence-corrected chi connectivity index (χ3v) is 4.49. The van der Waals surface area contributed by atoms with Crippen LogP contribution in [-0.2, 0) is 10.8 Å². The number of nitrogens with one attached hydrogen (secondary N) is 1. The predicted octanol–water partition coefficient (Wildman–Crippen LogP) is -0.179. The van der Waals surface area contributed by atoms with Gasteiger partial charge in [-0.25, -0.2) is 0 Å². The highest BCUT2D eigenvalue weighted by molar-refractivity contribution is 7.86. The molecule has 0 aromatic heterocycles. The molecule has 1 fully saturated rings. The van der Waals surface area contributed by atoms with Gasteiger partial charge in [0.15, 0.2) is 0 Å². The van der Waals surface area contributed by atoms with Gasteiger partial charge in [0.25, 0.3) is 0 Å². The van der Waals surface area contributed by atoms with Crippen LogP contribution in [0.25, 0.3) is 0 Å². The lowest BCUT2D eigenvalue weighted by Gasteiger charge is -2.27. The molecule has 0 bridgehead atoms. The highest BCUT2D eigenvalue weighted by atomic mass is 32.2. The molecule has 3 atom stereocenters. The molecule has 1 aliphatic rings. The second kappa shape index (κ2) is 4.38. The van der Waals surface area contributed by atoms with Crippen molar-refractivity contribution in [3.8, 4) is 0 Å². The normalized spacial score (nSPS) is 33.7. The van der Waals surface area contributed by atoms with E-state index >= 15 is 0 Å². The van der Waals surface area contributed by atoms with E-state index in [1.54, 1.807) is 4.90 Å². The number of likely N-dealkylation sites (tertiary alicyclic amines) is 1. The molecule has 1 rings (SSSR count). The zero-order chi connectivity index (χ0) is 9.14. The lowest BCUT2D eigenvalue weighted by atomic mass is 10.1. The number of rotatable bonds is 2. The SMILES string of the molecule is CC(C)S(=O)C1CCC[NH+](C)C1. The quantitative estimate of drug-likeness (QED) is 0.641. The molecule has 0 amide bonds. The highest BCUT2D eigenvalue weighted by Gasteiger charge is 2.26. The van der Waals surface area contributed by atoms with E-state index in [4.69, 9.17) is 0 Å². The Balaban J connectivity index is 2.46. The van der Waals surface area contributed by atoms with Crippen molar-refractivity contribution in [3.63, 3.8) is 0 Å². The van der Waals surface area contributed by atoms with Crippen LogP contribution in [0.3, 0.4) is 0 Å². The van der Waals surface area contributed by atoms with Gasteiger partial charge in [-0.1, -0.05) is 13.8 Å². The molecule has 1 aliphatic heterocycles. The van der Waals surface area contributed by atoms with Crippen LogP contribution < -0.4 is 4.90 Å². The number of quaternary nitrogens is 1. The molecule has 3 heteroatoms. The average molecular weight is 190 g/mol. The van der Waals surface area contributed by atoms with Crippen LogP contribution in [-0.4, -0.2) is 34.8 Å². The molecule has 0 radical (unpaired) electrons. The fourth-order valence-corrected chi connectivity index (χ4v) is 3.43. The lowest BCUT2D eigenvalue weighted by molar-refractivity contribution is -0.883. The van der Waals surface area contributed by atoms with Gasteiger partial charge in [0.1, 0.15) is 0 Å². The summed E-state index contributed by atoms with van der Waals surface area (Å²) in [4.78, 5) is 1.54. The predicted molar refractivity (Wildman–Crippen MR) is 52.9 cm³/mol. The Bertz CT molecular complexity index is 170. The Morgan fingerprint density at radius 1 is 1.50 bits per heavy atom. The molecule has 3 unspecified atom stereocenters. The van der Waals surface area contributed by atoms with Crippen molar-refractivity contribution in [1.29, 1.82) is 0 Å². The maximum Gasteiger partial charge on any atom is 0.0914 e. The summed E-state index contributed by atoms with van der Waals surface area (Å²) in [6, 6.07) is 0. The molecule has 1 N–H and O–H groups in total. The smallest absolute Gasteiger partial charge is 0.0914 e. The maximum absolute atomic E-state index is 11.7. The first-order chi connectivity index (χ1) is 5.61. The molecular formula is C9H20NOS+. The van der Waals surface area contributed by atoms with Crippen LogP contribution >= 0.6 is 0 Å². The largest absolute Gasteiger partial charge is 0.336 e. The van der Waals surface area contributed by atoms with Crippen LogP contribution in [0.4, 0.5) is 0 Å². The van der Waals surface area contributed by atoms with Gasteiger partial charge in [0.2, 0.25) is 0 Å². The Hall–Kier alpha value is 0.110. The van der Waals surface area contributed by atoms with Gasteiger partial charge in [0, 0.05) is 16.0 Å². The minimum absolute atomic E-state index is 0.334. The molecule has 0 saturated carbocycles. The van der Waals surface area contributed by atoms with Crippen molar-refractivity contribution in [2.75, 3.05) is 20.1 Å². The lowest BCUT2D eigenvalue weighted by Crippen LogP contribution is -3.11. The molecule has 72 valence electrons. The molecule has 0 aromatic carbocycles. The van der Waals surface area contributed by atoms with Gasteiger partial charge in [-0.15, -0.1) is 0 Å². The van der Waals surface area contributed by atoms with Crippen LogP contribution in [0.2, 0.25) is 0 Å². The Kier molecular flexibility index (Phi) is 3.72. The van der Waals surface area contributed by atoms with Crippen LogP contribution in [0.5, 0.6) is 0 Å². The first kappa shape index (κ1) is 10.2. The number of hydrogen-bond donors (Lipinski definition) is 1. The van der Waals surface area contributed by atoms with Crippen molar-refractivity contribution >= 4 is 10.8 Å². The van der Waals surface area contributed by atoms with Gasteiger partial charge < -0.3 is 4.90 Å². The van der Waals surface area contributed by atoms with Gasteiger partial charge in [-0.3, -0.25) is 4.21 Å². The summed E-state index contributed by atoms with van der Waals surface area (Å²) in [5, 5.41) is 0.791. The van der Waals surface area contributed by atoms with E-state index in [0.29, 0.717) is 10.5 Å². The molecule has 1 saturated heterocycles. The molecular weight excluding hydrogens is 170 g/mol. The van der Waals surface area contributed by atoms with Crippen LogP contribution in [0.15, 0.2) is 0 Å². The van der Waals surface area contributed by atoms with Gasteiger partial charge in [-0.2, -0.15) is 0 Å². The minimum atomic E-state index is -0.600. The van der Waals surface area contributed by atoms with Gasteiger partial charge in [0.05, 0.1) is 25.4 Å². The van der Waals surface area contributed by atoms with E-state index in [1.165, 1.54) is 19.4 Å². The summed E-state index contributed by atoms with van der Waals surface area (Å²) in [6.45, 7) is 6.47. The third-order valence-electron chi connectivity index (χ3n) is 2.50. The second-order valence-electron chi connectivity index (χ2n) is 4.05. The monoisotopic (exact) mass is 190 g/mol. The Labute approximate surface area is 77.8 Å². The fraction of sp³-hybridized carbons (Fsp3) is 1.00. The Morgan fingerprint density at radius 2 is 2.17 bits per heavy atom. The van der Waals surface area contributed by atoms with E-state index < -0.39 is 10.8 Å². The number of hydrogen-bond acceptors (Lipinski definition) is 1. The van der Waals surface area contributed by atoms with Gasteiger partial charge >= 0.3 is 0 Å². The van der Waals surface area contributed by atoms with E-state index in [2.05, 4.69) is 20.9 Å². The van der Waals surface area contributed by atoms with Crippen molar-refractivity contribution in [2.45, 2.75) is 37.2 Å². The zero-order valence-corrected chi connectivity index (χ0v) is 9.12. The first-order valence-electron chi connectivity index (χ1n) is 4.82. The van der Waals surface area contributed by atoms with E-state index in [-0.39, 0.29) is 0 Å². The van der Waals surface area contributed by atoms with Crippen molar-refractivity contribution in [2.24, 2.45) is 0 Å². The van der Waals surface area contributed by atoms with Crippen molar-refractivity contribution < 1.29 is 9.11 Å². The standard InChI is InChI=1S/C9H19NOS/c1-8(2)12(11)9-5-4-6-10(3)7-9/h8-9H,4-7H2,1-3H3/p+1. The molecule has 0 aromatic rings. The Morgan fingerprint density at radius 3 is 2.67 bits per heavy atom. The first-order valence-corrected chi connectivity index (χ1v) is 6.09. The second-order valence-corrected chi connectivity index (χ2v) is 6.32. The summed E-state index contributed by atoms with van der Waals surface area (Å²) in [7, 11) is 1.60. The molecule has 12 heavy (non-hydrogen) atoms. The molecule has 1 heterocycles. The third kappa shape index (κ3) is 2.56. The fourth-order valence-electron chi connectivity index (χ4n) is 1.81.